The smallest absolute Gasteiger partial charge is 0.227 e. The lowest BCUT2D eigenvalue weighted by Gasteiger charge is -2.42. The van der Waals surface area contributed by atoms with Crippen molar-refractivity contribution < 1.29 is 9.32 Å². The number of anilines is 2. The monoisotopic (exact) mass is 502 g/mol. The molecule has 8 nitrogen and oxygen atoms in total. The van der Waals surface area contributed by atoms with Crippen LogP contribution in [0.15, 0.2) is 17.3 Å². The highest BCUT2D eigenvalue weighted by molar-refractivity contribution is 7.87. The van der Waals surface area contributed by atoms with Gasteiger partial charge in [-0.2, -0.15) is 4.98 Å². The Morgan fingerprint density at radius 2 is 1.85 bits per heavy atom. The molecule has 4 heterocycles. The van der Waals surface area contributed by atoms with Gasteiger partial charge in [-0.05, 0) is 57.8 Å². The van der Waals surface area contributed by atoms with Gasteiger partial charge in [0.2, 0.25) is 5.95 Å². The number of aliphatic hydroxyl groups is 1. The molecule has 10 heteroatoms. The summed E-state index contributed by atoms with van der Waals surface area (Å²) in [6.45, 7) is 5.80. The molecule has 1 saturated heterocycles. The number of halogens is 1. The third-order valence-electron chi connectivity index (χ3n) is 8.26. The summed E-state index contributed by atoms with van der Waals surface area (Å²) < 4.78 is 13.0. The summed E-state index contributed by atoms with van der Waals surface area (Å²) in [4.78, 5) is 22.0. The van der Waals surface area contributed by atoms with Crippen LogP contribution in [-0.4, -0.2) is 59.2 Å². The molecule has 0 spiro atoms. The molecule has 3 unspecified atom stereocenters. The maximum atomic E-state index is 13.3. The molecule has 2 aromatic heterocycles. The van der Waals surface area contributed by atoms with Gasteiger partial charge in [-0.15, -0.1) is 0 Å². The molecule has 2 saturated carbocycles. The van der Waals surface area contributed by atoms with Crippen LogP contribution in [0, 0.1) is 11.8 Å². The average Bonchev–Trinajstić information content (AvgIpc) is 3.18. The highest BCUT2D eigenvalue weighted by atomic mass is 35.5. The number of hydrogen-bond donors (Lipinski definition) is 2. The standard InChI is InChI=1S/C24H31ClN6O2S/c1-23(2)8-17-19(34(23)33)21(30-24(13-32)6-3-7-24)29-22(28-17)31-11-14-4-5-15(12-31)18(14)20-26-9-16(25)10-27-20/h9-10,14-15,18,32H,3-8,11-13H2,1-2H3,(H,28,29,30). The second-order valence-corrected chi connectivity index (χ2v) is 13.5. The van der Waals surface area contributed by atoms with E-state index in [4.69, 9.17) is 21.6 Å². The molecule has 2 aliphatic heterocycles. The number of aromatic nitrogens is 4. The molecule has 2 bridgehead atoms. The van der Waals surface area contributed by atoms with Crippen LogP contribution in [0.25, 0.3) is 0 Å². The number of rotatable bonds is 5. The van der Waals surface area contributed by atoms with Crippen LogP contribution in [0.2, 0.25) is 5.02 Å². The number of nitrogens with zero attached hydrogens (tertiary/aromatic N) is 5. The van der Waals surface area contributed by atoms with Crippen LogP contribution in [0.5, 0.6) is 0 Å². The molecule has 6 rings (SSSR count). The van der Waals surface area contributed by atoms with Crippen LogP contribution in [0.4, 0.5) is 11.8 Å². The zero-order valence-corrected chi connectivity index (χ0v) is 21.2. The Hall–Kier alpha value is -1.84. The summed E-state index contributed by atoms with van der Waals surface area (Å²) >= 11 is 6.01. The second kappa shape index (κ2) is 8.10. The first-order valence-corrected chi connectivity index (χ1v) is 13.8. The summed E-state index contributed by atoms with van der Waals surface area (Å²) in [5, 5.41) is 14.1. The maximum absolute atomic E-state index is 13.3. The van der Waals surface area contributed by atoms with Crippen LogP contribution < -0.4 is 10.2 Å². The minimum atomic E-state index is -1.20. The van der Waals surface area contributed by atoms with Crippen molar-refractivity contribution in [1.29, 1.82) is 0 Å². The van der Waals surface area contributed by atoms with Gasteiger partial charge >= 0.3 is 0 Å². The van der Waals surface area contributed by atoms with Gasteiger partial charge in [0.25, 0.3) is 0 Å². The molecule has 0 radical (unpaired) electrons. The van der Waals surface area contributed by atoms with Crippen molar-refractivity contribution in [2.24, 2.45) is 11.8 Å². The van der Waals surface area contributed by atoms with E-state index in [2.05, 4.69) is 20.2 Å². The Balaban J connectivity index is 1.32. The predicted octanol–water partition coefficient (Wildman–Crippen LogP) is 3.32. The van der Waals surface area contributed by atoms with Gasteiger partial charge < -0.3 is 15.3 Å². The lowest BCUT2D eigenvalue weighted by molar-refractivity contribution is 0.143. The Kier molecular flexibility index (Phi) is 5.39. The highest BCUT2D eigenvalue weighted by Crippen LogP contribution is 2.48. The normalized spacial score (nSPS) is 30.6. The summed E-state index contributed by atoms with van der Waals surface area (Å²) in [6, 6.07) is 0. The number of nitrogens with one attached hydrogen (secondary N) is 1. The third-order valence-corrected chi connectivity index (χ3v) is 10.4. The lowest BCUT2D eigenvalue weighted by atomic mass is 9.77. The molecule has 34 heavy (non-hydrogen) atoms. The molecule has 2 aliphatic carbocycles. The quantitative estimate of drug-likeness (QED) is 0.641. The number of hydrogen-bond acceptors (Lipinski definition) is 8. The van der Waals surface area contributed by atoms with E-state index >= 15 is 0 Å². The molecule has 182 valence electrons. The van der Waals surface area contributed by atoms with E-state index in [1.54, 1.807) is 12.4 Å². The second-order valence-electron chi connectivity index (χ2n) is 11.1. The minimum Gasteiger partial charge on any atom is -0.394 e. The largest absolute Gasteiger partial charge is 0.394 e. The molecule has 3 atom stereocenters. The predicted molar refractivity (Wildman–Crippen MR) is 132 cm³/mol. The van der Waals surface area contributed by atoms with Crippen LogP contribution in [0.1, 0.15) is 63.4 Å². The Bertz CT molecular complexity index is 1120. The third kappa shape index (κ3) is 3.62. The van der Waals surface area contributed by atoms with Gasteiger partial charge in [0.05, 0.1) is 38.4 Å². The van der Waals surface area contributed by atoms with E-state index in [0.29, 0.717) is 41.0 Å². The molecule has 2 aromatic rings. The highest BCUT2D eigenvalue weighted by Gasteiger charge is 2.47. The average molecular weight is 503 g/mol. The number of piperidine rings is 1. The fourth-order valence-electron chi connectivity index (χ4n) is 6.25. The summed E-state index contributed by atoms with van der Waals surface area (Å²) in [7, 11) is -1.20. The molecule has 4 aliphatic rings. The van der Waals surface area contributed by atoms with Crippen molar-refractivity contribution in [2.45, 2.75) is 73.5 Å². The topological polar surface area (TPSA) is 104 Å². The lowest BCUT2D eigenvalue weighted by Crippen LogP contribution is -2.49. The van der Waals surface area contributed by atoms with Gasteiger partial charge in [-0.1, -0.05) is 11.6 Å². The van der Waals surface area contributed by atoms with Crippen molar-refractivity contribution in [3.63, 3.8) is 0 Å². The summed E-state index contributed by atoms with van der Waals surface area (Å²) in [6.07, 6.45) is 9.18. The maximum Gasteiger partial charge on any atom is 0.227 e. The Morgan fingerprint density at radius 3 is 2.44 bits per heavy atom. The summed E-state index contributed by atoms with van der Waals surface area (Å²) in [5.74, 6) is 3.45. The van der Waals surface area contributed by atoms with Crippen molar-refractivity contribution >= 4 is 34.2 Å². The number of fused-ring (bicyclic) bond motifs is 3. The van der Waals surface area contributed by atoms with Crippen LogP contribution in [-0.2, 0) is 17.2 Å². The van der Waals surface area contributed by atoms with Crippen LogP contribution >= 0.6 is 11.6 Å². The van der Waals surface area contributed by atoms with Gasteiger partial charge in [-0.25, -0.2) is 15.0 Å². The molecule has 0 aromatic carbocycles. The van der Waals surface area contributed by atoms with Crippen molar-refractivity contribution in [1.82, 2.24) is 19.9 Å². The van der Waals surface area contributed by atoms with Gasteiger partial charge in [0.15, 0.2) is 0 Å². The van der Waals surface area contributed by atoms with E-state index in [1.807, 2.05) is 13.8 Å². The number of aliphatic hydroxyl groups excluding tert-OH is 1. The van der Waals surface area contributed by atoms with E-state index in [9.17, 15) is 9.32 Å². The molecular weight excluding hydrogens is 472 g/mol. The SMILES string of the molecule is CC1(C)Cc2nc(N3CC4CCC(C3)C4c3ncc(Cl)cn3)nc(NC3(CO)CCC3)c2S1=O. The summed E-state index contributed by atoms with van der Waals surface area (Å²) in [5.41, 5.74) is 0.507. The Labute approximate surface area is 207 Å². The van der Waals surface area contributed by atoms with Gasteiger partial charge in [0.1, 0.15) is 16.5 Å². The minimum absolute atomic E-state index is 0.0494. The first kappa shape index (κ1) is 22.6. The Morgan fingerprint density at radius 1 is 1.18 bits per heavy atom. The fraction of sp³-hybridized carbons (Fsp3) is 0.667. The van der Waals surface area contributed by atoms with E-state index in [-0.39, 0.29) is 16.9 Å². The molecular formula is C24H31ClN6O2S. The first-order chi connectivity index (χ1) is 16.3. The first-order valence-electron chi connectivity index (χ1n) is 12.2. The van der Waals surface area contributed by atoms with Crippen LogP contribution in [0.3, 0.4) is 0 Å². The molecule has 0 amide bonds. The van der Waals surface area contributed by atoms with E-state index in [1.165, 1.54) is 0 Å². The van der Waals surface area contributed by atoms with Crippen molar-refractivity contribution in [3.05, 3.63) is 28.9 Å². The van der Waals surface area contributed by atoms with Gasteiger partial charge in [-0.3, -0.25) is 4.21 Å². The van der Waals surface area contributed by atoms with Crippen molar-refractivity contribution in [3.8, 4) is 0 Å². The zero-order valence-electron chi connectivity index (χ0n) is 19.6. The van der Waals surface area contributed by atoms with E-state index in [0.717, 1.165) is 61.6 Å². The zero-order chi connectivity index (χ0) is 23.7. The fourth-order valence-corrected chi connectivity index (χ4v) is 7.77. The van der Waals surface area contributed by atoms with Crippen molar-refractivity contribution in [2.75, 3.05) is 29.9 Å². The molecule has 3 fully saturated rings. The molecule has 2 N–H and O–H groups in total. The van der Waals surface area contributed by atoms with Gasteiger partial charge in [0, 0.05) is 37.8 Å². The van der Waals surface area contributed by atoms with E-state index < -0.39 is 10.8 Å².